The molecule has 0 aliphatic rings. The van der Waals surface area contributed by atoms with Crippen LogP contribution in [0.3, 0.4) is 0 Å². The summed E-state index contributed by atoms with van der Waals surface area (Å²) in [6, 6.07) is 1.67. The minimum atomic E-state index is -0.354. The lowest BCUT2D eigenvalue weighted by atomic mass is 10.3. The third kappa shape index (κ3) is 2.76. The normalized spacial score (nSPS) is 12.2. The molecule has 2 aromatic rings. The fourth-order valence-corrected chi connectivity index (χ4v) is 2.63. The van der Waals surface area contributed by atoms with Crippen LogP contribution < -0.4 is 16.0 Å². The van der Waals surface area contributed by atoms with Crippen molar-refractivity contribution >= 4 is 39.2 Å². The molecule has 1 atom stereocenters. The summed E-state index contributed by atoms with van der Waals surface area (Å²) >= 11 is 1.61. The van der Waals surface area contributed by atoms with Crippen molar-refractivity contribution in [2.75, 3.05) is 24.7 Å². The van der Waals surface area contributed by atoms with E-state index in [4.69, 9.17) is 0 Å². The van der Waals surface area contributed by atoms with E-state index >= 15 is 0 Å². The number of nitrogens with one attached hydrogen (secondary N) is 3. The summed E-state index contributed by atoms with van der Waals surface area (Å²) in [6.45, 7) is 3.82. The van der Waals surface area contributed by atoms with Crippen molar-refractivity contribution in [2.24, 2.45) is 0 Å². The van der Waals surface area contributed by atoms with Gasteiger partial charge >= 0.3 is 0 Å². The third-order valence-electron chi connectivity index (χ3n) is 2.73. The molecule has 3 N–H and O–H groups in total. The number of rotatable bonds is 4. The average molecular weight is 279 g/mol. The Balaban J connectivity index is 2.42. The fourth-order valence-electron chi connectivity index (χ4n) is 1.75. The quantitative estimate of drug-likeness (QED) is 0.792. The number of carbonyl (C=O) groups is 1. The van der Waals surface area contributed by atoms with E-state index in [9.17, 15) is 4.79 Å². The van der Waals surface area contributed by atoms with Crippen LogP contribution in [0, 0.1) is 6.92 Å². The van der Waals surface area contributed by atoms with Gasteiger partial charge in [-0.3, -0.25) is 4.79 Å². The molecule has 19 heavy (non-hydrogen) atoms. The molecule has 1 unspecified atom stereocenters. The molecule has 2 heterocycles. The number of aryl methyl sites for hydroxylation is 1. The summed E-state index contributed by atoms with van der Waals surface area (Å²) < 4.78 is 0. The standard InChI is InChI=1S/C12H17N5OS/c1-6-5-8-9(15-7(2)10(18)13-3)16-12(14-4)17-11(8)19-6/h5,7H,1-4H3,(H,13,18)(H2,14,15,16,17). The van der Waals surface area contributed by atoms with Gasteiger partial charge in [-0.25, -0.2) is 4.98 Å². The number of aromatic nitrogens is 2. The van der Waals surface area contributed by atoms with Gasteiger partial charge < -0.3 is 16.0 Å². The largest absolute Gasteiger partial charge is 0.358 e. The van der Waals surface area contributed by atoms with E-state index in [0.29, 0.717) is 11.8 Å². The van der Waals surface area contributed by atoms with Crippen LogP contribution in [0.4, 0.5) is 11.8 Å². The van der Waals surface area contributed by atoms with E-state index in [0.717, 1.165) is 15.1 Å². The highest BCUT2D eigenvalue weighted by Gasteiger charge is 2.15. The van der Waals surface area contributed by atoms with Crippen molar-refractivity contribution in [3.05, 3.63) is 10.9 Å². The van der Waals surface area contributed by atoms with E-state index in [-0.39, 0.29) is 11.9 Å². The van der Waals surface area contributed by atoms with Crippen LogP contribution in [0.1, 0.15) is 11.8 Å². The number of nitrogens with zero attached hydrogens (tertiary/aromatic N) is 2. The minimum Gasteiger partial charge on any atom is -0.358 e. The molecule has 0 saturated heterocycles. The van der Waals surface area contributed by atoms with E-state index in [1.807, 2.05) is 13.0 Å². The molecule has 6 nitrogen and oxygen atoms in total. The van der Waals surface area contributed by atoms with Crippen LogP contribution in [0.25, 0.3) is 10.2 Å². The number of likely N-dealkylation sites (N-methyl/N-ethyl adjacent to an activating group) is 1. The Hall–Kier alpha value is -1.89. The lowest BCUT2D eigenvalue weighted by Gasteiger charge is -2.14. The van der Waals surface area contributed by atoms with E-state index < -0.39 is 0 Å². The molecule has 7 heteroatoms. The number of carbonyl (C=O) groups excluding carboxylic acids is 1. The van der Waals surface area contributed by atoms with Crippen molar-refractivity contribution in [3.63, 3.8) is 0 Å². The van der Waals surface area contributed by atoms with Gasteiger partial charge in [-0.05, 0) is 19.9 Å². The van der Waals surface area contributed by atoms with Crippen molar-refractivity contribution in [2.45, 2.75) is 19.9 Å². The number of amides is 1. The summed E-state index contributed by atoms with van der Waals surface area (Å²) in [5, 5.41) is 9.61. The molecular weight excluding hydrogens is 262 g/mol. The van der Waals surface area contributed by atoms with E-state index in [1.54, 1.807) is 32.4 Å². The van der Waals surface area contributed by atoms with Gasteiger partial charge in [0.15, 0.2) is 0 Å². The molecule has 0 fully saturated rings. The van der Waals surface area contributed by atoms with Crippen LogP contribution >= 0.6 is 11.3 Å². The molecule has 2 aromatic heterocycles. The Kier molecular flexibility index (Phi) is 3.84. The summed E-state index contributed by atoms with van der Waals surface area (Å²) in [5.74, 6) is 1.14. The monoisotopic (exact) mass is 279 g/mol. The van der Waals surface area contributed by atoms with Crippen LogP contribution in [-0.2, 0) is 4.79 Å². The second-order valence-corrected chi connectivity index (χ2v) is 5.44. The minimum absolute atomic E-state index is 0.0790. The van der Waals surface area contributed by atoms with Crippen LogP contribution in [-0.4, -0.2) is 36.0 Å². The molecule has 0 saturated carbocycles. The second-order valence-electron chi connectivity index (χ2n) is 4.20. The summed E-state index contributed by atoms with van der Waals surface area (Å²) in [5.41, 5.74) is 0. The Labute approximate surface area is 115 Å². The summed E-state index contributed by atoms with van der Waals surface area (Å²) in [6.07, 6.45) is 0. The van der Waals surface area contributed by atoms with Gasteiger partial charge in [0.25, 0.3) is 0 Å². The number of anilines is 2. The SMILES string of the molecule is CNC(=O)C(C)Nc1nc(NC)nc2sc(C)cc12. The highest BCUT2D eigenvalue weighted by Crippen LogP contribution is 2.29. The Morgan fingerprint density at radius 1 is 1.37 bits per heavy atom. The Morgan fingerprint density at radius 3 is 2.74 bits per heavy atom. The number of thiophene rings is 1. The van der Waals surface area contributed by atoms with Crippen molar-refractivity contribution in [1.82, 2.24) is 15.3 Å². The smallest absolute Gasteiger partial charge is 0.241 e. The lowest BCUT2D eigenvalue weighted by molar-refractivity contribution is -0.121. The van der Waals surface area contributed by atoms with Gasteiger partial charge in [0.05, 0.1) is 5.39 Å². The zero-order valence-electron chi connectivity index (χ0n) is 11.4. The first-order valence-corrected chi connectivity index (χ1v) is 6.81. The topological polar surface area (TPSA) is 78.9 Å². The number of hydrogen-bond acceptors (Lipinski definition) is 6. The van der Waals surface area contributed by atoms with Gasteiger partial charge in [0.2, 0.25) is 11.9 Å². The van der Waals surface area contributed by atoms with Gasteiger partial charge in [-0.1, -0.05) is 0 Å². The molecule has 0 aliphatic carbocycles. The van der Waals surface area contributed by atoms with Crippen molar-refractivity contribution in [3.8, 4) is 0 Å². The maximum atomic E-state index is 11.6. The van der Waals surface area contributed by atoms with Gasteiger partial charge in [-0.15, -0.1) is 11.3 Å². The zero-order valence-corrected chi connectivity index (χ0v) is 12.2. The van der Waals surface area contributed by atoms with E-state index in [1.165, 1.54) is 0 Å². The molecule has 1 amide bonds. The molecule has 0 aliphatic heterocycles. The molecule has 0 bridgehead atoms. The van der Waals surface area contributed by atoms with Crippen LogP contribution in [0.15, 0.2) is 6.07 Å². The first-order valence-electron chi connectivity index (χ1n) is 5.99. The van der Waals surface area contributed by atoms with Gasteiger partial charge in [-0.2, -0.15) is 4.98 Å². The average Bonchev–Trinajstić information content (AvgIpc) is 2.77. The van der Waals surface area contributed by atoms with Crippen molar-refractivity contribution < 1.29 is 4.79 Å². The maximum Gasteiger partial charge on any atom is 0.241 e. The Morgan fingerprint density at radius 2 is 2.11 bits per heavy atom. The molecule has 2 rings (SSSR count). The number of hydrogen-bond donors (Lipinski definition) is 3. The predicted octanol–water partition coefficient (Wildman–Crippen LogP) is 1.59. The van der Waals surface area contributed by atoms with Crippen molar-refractivity contribution in [1.29, 1.82) is 0 Å². The molecule has 102 valence electrons. The highest BCUT2D eigenvalue weighted by atomic mass is 32.1. The number of fused-ring (bicyclic) bond motifs is 1. The summed E-state index contributed by atoms with van der Waals surface area (Å²) in [4.78, 5) is 22.4. The first-order chi connectivity index (χ1) is 9.05. The summed E-state index contributed by atoms with van der Waals surface area (Å²) in [7, 11) is 3.39. The highest BCUT2D eigenvalue weighted by molar-refractivity contribution is 7.18. The molecule has 0 aromatic carbocycles. The van der Waals surface area contributed by atoms with Crippen LogP contribution in [0.2, 0.25) is 0 Å². The van der Waals surface area contributed by atoms with Gasteiger partial charge in [0, 0.05) is 19.0 Å². The van der Waals surface area contributed by atoms with Gasteiger partial charge in [0.1, 0.15) is 16.7 Å². The molecule has 0 radical (unpaired) electrons. The third-order valence-corrected chi connectivity index (χ3v) is 3.68. The maximum absolute atomic E-state index is 11.6. The predicted molar refractivity (Wildman–Crippen MR) is 78.9 cm³/mol. The first kappa shape index (κ1) is 13.5. The lowest BCUT2D eigenvalue weighted by Crippen LogP contribution is -2.35. The second kappa shape index (κ2) is 5.40. The Bertz CT molecular complexity index is 609. The fraction of sp³-hybridized carbons (Fsp3) is 0.417. The van der Waals surface area contributed by atoms with E-state index in [2.05, 4.69) is 25.9 Å². The molecular formula is C12H17N5OS. The zero-order chi connectivity index (χ0) is 14.0. The van der Waals surface area contributed by atoms with Crippen LogP contribution in [0.5, 0.6) is 0 Å². The molecule has 0 spiro atoms.